The van der Waals surface area contributed by atoms with Gasteiger partial charge in [-0.2, -0.15) is 0 Å². The summed E-state index contributed by atoms with van der Waals surface area (Å²) in [5.41, 5.74) is 0. The fourth-order valence-electron chi connectivity index (χ4n) is 2.87. The number of hydrogen-bond acceptors (Lipinski definition) is 3. The molecular weight excluding hydrogens is 549 g/mol. The maximum absolute atomic E-state index is 12.4. The summed E-state index contributed by atoms with van der Waals surface area (Å²) in [5.74, 6) is 0.778. The number of benzene rings is 1. The monoisotopic (exact) mass is 576 g/mol. The quantitative estimate of drug-likeness (QED) is 0.218. The highest BCUT2D eigenvalue weighted by Crippen LogP contribution is 2.24. The first-order chi connectivity index (χ1) is 12.5. The van der Waals surface area contributed by atoms with Crippen LogP contribution in [0.25, 0.3) is 0 Å². The summed E-state index contributed by atoms with van der Waals surface area (Å²) < 4.78 is 26.0. The highest BCUT2D eigenvalue weighted by atomic mass is 127. The summed E-state index contributed by atoms with van der Waals surface area (Å²) in [6, 6.07) is 8.58. The minimum absolute atomic E-state index is 0. The van der Waals surface area contributed by atoms with Gasteiger partial charge in [-0.15, -0.1) is 35.7 Å². The van der Waals surface area contributed by atoms with Gasteiger partial charge in [-0.1, -0.05) is 22.9 Å². The zero-order valence-electron chi connectivity index (χ0n) is 15.6. The largest absolute Gasteiger partial charge is 0.355 e. The van der Waals surface area contributed by atoms with Gasteiger partial charge < -0.3 is 10.6 Å². The van der Waals surface area contributed by atoms with Gasteiger partial charge in [-0.3, -0.25) is 9.89 Å². The third-order valence-corrected chi connectivity index (χ3v) is 5.90. The van der Waals surface area contributed by atoms with Gasteiger partial charge in [0.2, 0.25) is 0 Å². The molecule has 1 atom stereocenters. The molecule has 0 aromatic heterocycles. The molecule has 0 radical (unpaired) electrons. The van der Waals surface area contributed by atoms with Gasteiger partial charge in [0.25, 0.3) is 6.43 Å². The van der Waals surface area contributed by atoms with Crippen LogP contribution in [0.4, 0.5) is 8.78 Å². The van der Waals surface area contributed by atoms with Gasteiger partial charge in [-0.25, -0.2) is 8.78 Å². The van der Waals surface area contributed by atoms with Gasteiger partial charge in [0.15, 0.2) is 5.96 Å². The van der Waals surface area contributed by atoms with Crippen LogP contribution in [0.1, 0.15) is 19.8 Å². The fourth-order valence-corrected chi connectivity index (χ4v) is 4.06. The number of nitrogens with one attached hydrogen (secondary N) is 2. The predicted octanol–water partition coefficient (Wildman–Crippen LogP) is 4.44. The zero-order valence-corrected chi connectivity index (χ0v) is 20.4. The number of guanidine groups is 1. The number of alkyl halides is 2. The number of hydrogen-bond donors (Lipinski definition) is 2. The average molecular weight is 577 g/mol. The van der Waals surface area contributed by atoms with Crippen molar-refractivity contribution in [2.24, 2.45) is 4.99 Å². The third-order valence-electron chi connectivity index (χ3n) is 4.26. The Kier molecular flexibility index (Phi) is 12.1. The Morgan fingerprint density at radius 2 is 1.93 bits per heavy atom. The van der Waals surface area contributed by atoms with Crippen LogP contribution in [0.2, 0.25) is 0 Å². The number of halogens is 4. The second-order valence-electron chi connectivity index (χ2n) is 6.45. The molecule has 0 spiro atoms. The summed E-state index contributed by atoms with van der Waals surface area (Å²) in [4.78, 5) is 7.35. The Balaban J connectivity index is 0.00000364. The number of likely N-dealkylation sites (tertiary alicyclic amines) is 1. The Morgan fingerprint density at radius 1 is 1.30 bits per heavy atom. The number of rotatable bonds is 7. The minimum Gasteiger partial charge on any atom is -0.355 e. The highest BCUT2D eigenvalue weighted by Gasteiger charge is 2.22. The first kappa shape index (κ1) is 24.9. The molecule has 27 heavy (non-hydrogen) atoms. The Labute approximate surface area is 190 Å². The molecule has 1 heterocycles. The highest BCUT2D eigenvalue weighted by molar-refractivity contribution is 14.0. The van der Waals surface area contributed by atoms with E-state index < -0.39 is 6.43 Å². The lowest BCUT2D eigenvalue weighted by atomic mass is 10.1. The molecule has 4 nitrogen and oxygen atoms in total. The third kappa shape index (κ3) is 9.76. The summed E-state index contributed by atoms with van der Waals surface area (Å²) in [6.07, 6.45) is -0.536. The van der Waals surface area contributed by atoms with Crippen molar-refractivity contribution in [3.8, 4) is 0 Å². The second-order valence-corrected chi connectivity index (χ2v) is 8.87. The molecule has 0 amide bonds. The summed E-state index contributed by atoms with van der Waals surface area (Å²) in [5, 5.41) is 7.17. The van der Waals surface area contributed by atoms with E-state index in [1.54, 1.807) is 7.05 Å². The van der Waals surface area contributed by atoms with Crippen molar-refractivity contribution in [2.75, 3.05) is 33.2 Å². The van der Waals surface area contributed by atoms with Crippen molar-refractivity contribution >= 4 is 57.6 Å². The zero-order chi connectivity index (χ0) is 18.9. The van der Waals surface area contributed by atoms with Crippen molar-refractivity contribution in [1.29, 1.82) is 0 Å². The molecule has 1 unspecified atom stereocenters. The summed E-state index contributed by atoms with van der Waals surface area (Å²) in [6.45, 7) is 4.26. The predicted molar refractivity (Wildman–Crippen MR) is 125 cm³/mol. The molecule has 0 saturated carbocycles. The average Bonchev–Trinajstić information content (AvgIpc) is 2.61. The Morgan fingerprint density at radius 3 is 2.48 bits per heavy atom. The van der Waals surface area contributed by atoms with E-state index >= 15 is 0 Å². The normalized spacial score (nSPS) is 17.5. The van der Waals surface area contributed by atoms with Crippen LogP contribution in [-0.4, -0.2) is 61.8 Å². The van der Waals surface area contributed by atoms with Gasteiger partial charge in [0.1, 0.15) is 0 Å². The number of aliphatic imine (C=N–C) groups is 1. The molecule has 2 N–H and O–H groups in total. The molecule has 1 aromatic carbocycles. The van der Waals surface area contributed by atoms with Gasteiger partial charge >= 0.3 is 0 Å². The Hall–Kier alpha value is -0.130. The molecule has 2 rings (SSSR count). The molecular formula is C18H28BrF2IN4S. The van der Waals surface area contributed by atoms with Gasteiger partial charge in [-0.05, 0) is 37.1 Å². The van der Waals surface area contributed by atoms with Crippen LogP contribution in [0.15, 0.2) is 38.6 Å². The number of piperidine rings is 1. The van der Waals surface area contributed by atoms with Gasteiger partial charge in [0.05, 0.1) is 6.54 Å². The van der Waals surface area contributed by atoms with Gasteiger partial charge in [0, 0.05) is 47.3 Å². The maximum Gasteiger partial charge on any atom is 0.251 e. The SMILES string of the molecule is CN=C(NCC(C)Sc1ccc(Br)cc1)NC1CCN(CC(F)F)CC1.I. The topological polar surface area (TPSA) is 39.7 Å². The molecule has 1 saturated heterocycles. The molecule has 9 heteroatoms. The van der Waals surface area contributed by atoms with Crippen molar-refractivity contribution in [3.05, 3.63) is 28.7 Å². The van der Waals surface area contributed by atoms with Crippen molar-refractivity contribution < 1.29 is 8.78 Å². The molecule has 1 aliphatic heterocycles. The van der Waals surface area contributed by atoms with Crippen molar-refractivity contribution in [3.63, 3.8) is 0 Å². The summed E-state index contributed by atoms with van der Waals surface area (Å²) >= 11 is 5.26. The van der Waals surface area contributed by atoms with E-state index in [4.69, 9.17) is 0 Å². The lowest BCUT2D eigenvalue weighted by molar-refractivity contribution is 0.0744. The summed E-state index contributed by atoms with van der Waals surface area (Å²) in [7, 11) is 1.76. The fraction of sp³-hybridized carbons (Fsp3) is 0.611. The van der Waals surface area contributed by atoms with Crippen LogP contribution in [0, 0.1) is 0 Å². The molecule has 1 fully saturated rings. The molecule has 0 bridgehead atoms. The molecule has 0 aliphatic carbocycles. The van der Waals surface area contributed by atoms with Crippen LogP contribution in [0.5, 0.6) is 0 Å². The van der Waals surface area contributed by atoms with Crippen LogP contribution in [-0.2, 0) is 0 Å². The lowest BCUT2D eigenvalue weighted by Gasteiger charge is -2.32. The standard InChI is InChI=1S/C18H27BrF2N4S.HI/c1-13(26-16-5-3-14(19)4-6-16)11-23-18(22-2)24-15-7-9-25(10-8-15)12-17(20)21;/h3-6,13,15,17H,7-12H2,1-2H3,(H2,22,23,24);1H. The van der Waals surface area contributed by atoms with E-state index in [1.165, 1.54) is 4.90 Å². The van der Waals surface area contributed by atoms with Crippen molar-refractivity contribution in [2.45, 2.75) is 42.4 Å². The first-order valence-electron chi connectivity index (χ1n) is 8.86. The van der Waals surface area contributed by atoms with Crippen LogP contribution < -0.4 is 10.6 Å². The molecule has 1 aliphatic rings. The molecule has 1 aromatic rings. The molecule has 154 valence electrons. The van der Waals surface area contributed by atoms with E-state index in [0.717, 1.165) is 29.8 Å². The smallest absolute Gasteiger partial charge is 0.251 e. The maximum atomic E-state index is 12.4. The van der Waals surface area contributed by atoms with E-state index in [2.05, 4.69) is 50.6 Å². The van der Waals surface area contributed by atoms with Crippen molar-refractivity contribution in [1.82, 2.24) is 15.5 Å². The second kappa shape index (κ2) is 13.2. The van der Waals surface area contributed by atoms with E-state index in [9.17, 15) is 8.78 Å². The van der Waals surface area contributed by atoms with Crippen LogP contribution in [0.3, 0.4) is 0 Å². The number of nitrogens with zero attached hydrogens (tertiary/aromatic N) is 2. The van der Waals surface area contributed by atoms with E-state index in [0.29, 0.717) is 18.3 Å². The lowest BCUT2D eigenvalue weighted by Crippen LogP contribution is -2.50. The number of thioether (sulfide) groups is 1. The minimum atomic E-state index is -2.25. The first-order valence-corrected chi connectivity index (χ1v) is 10.5. The Bertz CT molecular complexity index is 569. The van der Waals surface area contributed by atoms with E-state index in [-0.39, 0.29) is 36.6 Å². The van der Waals surface area contributed by atoms with E-state index in [1.807, 2.05) is 28.8 Å². The van der Waals surface area contributed by atoms with Crippen LogP contribution >= 0.6 is 51.7 Å².